The molecule has 0 aliphatic heterocycles. The van der Waals surface area contributed by atoms with E-state index in [-0.39, 0.29) is 6.04 Å². The molecule has 2 nitrogen and oxygen atoms in total. The first-order valence-electron chi connectivity index (χ1n) is 5.69. The molecular weight excluding hydrogens is 234 g/mol. The van der Waals surface area contributed by atoms with E-state index < -0.39 is 11.6 Å². The normalized spacial score (nSPS) is 12.2. The third-order valence-electron chi connectivity index (χ3n) is 2.70. The second kappa shape index (κ2) is 5.12. The Hall–Kier alpha value is -1.97. The average Bonchev–Trinajstić information content (AvgIpc) is 2.32. The zero-order valence-corrected chi connectivity index (χ0v) is 10.2. The van der Waals surface area contributed by atoms with Crippen molar-refractivity contribution in [2.45, 2.75) is 19.9 Å². The lowest BCUT2D eigenvalue weighted by Crippen LogP contribution is -2.07. The van der Waals surface area contributed by atoms with E-state index in [1.807, 2.05) is 19.9 Å². The highest BCUT2D eigenvalue weighted by Gasteiger charge is 2.09. The van der Waals surface area contributed by atoms with Crippen LogP contribution in [-0.2, 0) is 0 Å². The smallest absolute Gasteiger partial charge is 0.159 e. The van der Waals surface area contributed by atoms with Crippen LogP contribution in [0.2, 0.25) is 0 Å². The summed E-state index contributed by atoms with van der Waals surface area (Å²) in [5.74, 6) is -1.66. The molecule has 0 radical (unpaired) electrons. The van der Waals surface area contributed by atoms with Crippen molar-refractivity contribution in [2.75, 3.05) is 5.32 Å². The number of anilines is 1. The molecule has 18 heavy (non-hydrogen) atoms. The monoisotopic (exact) mass is 248 g/mol. The van der Waals surface area contributed by atoms with Crippen molar-refractivity contribution in [1.82, 2.24) is 4.98 Å². The van der Waals surface area contributed by atoms with Gasteiger partial charge in [-0.15, -0.1) is 0 Å². The lowest BCUT2D eigenvalue weighted by Gasteiger charge is -2.16. The van der Waals surface area contributed by atoms with Crippen molar-refractivity contribution in [2.24, 2.45) is 0 Å². The fourth-order valence-corrected chi connectivity index (χ4v) is 1.75. The van der Waals surface area contributed by atoms with Crippen LogP contribution in [-0.4, -0.2) is 4.98 Å². The topological polar surface area (TPSA) is 24.9 Å². The van der Waals surface area contributed by atoms with Crippen molar-refractivity contribution in [3.8, 4) is 0 Å². The predicted molar refractivity (Wildman–Crippen MR) is 67.4 cm³/mol. The second-order valence-electron chi connectivity index (χ2n) is 4.29. The third-order valence-corrected chi connectivity index (χ3v) is 2.70. The van der Waals surface area contributed by atoms with Gasteiger partial charge in [-0.25, -0.2) is 8.78 Å². The van der Waals surface area contributed by atoms with Gasteiger partial charge in [0.15, 0.2) is 11.6 Å². The highest BCUT2D eigenvalue weighted by Crippen LogP contribution is 2.20. The van der Waals surface area contributed by atoms with Gasteiger partial charge < -0.3 is 5.32 Å². The Kier molecular flexibility index (Phi) is 3.55. The summed E-state index contributed by atoms with van der Waals surface area (Å²) in [6.07, 6.45) is 3.46. The van der Waals surface area contributed by atoms with Crippen LogP contribution in [0.5, 0.6) is 0 Å². The number of hydrogen-bond donors (Lipinski definition) is 1. The van der Waals surface area contributed by atoms with E-state index >= 15 is 0 Å². The molecule has 0 saturated carbocycles. The molecule has 0 spiro atoms. The van der Waals surface area contributed by atoms with E-state index in [2.05, 4.69) is 10.3 Å². The maximum atomic E-state index is 13.1. The fraction of sp³-hybridized carbons (Fsp3) is 0.214. The lowest BCUT2D eigenvalue weighted by molar-refractivity contribution is 0.506. The molecule has 0 fully saturated rings. The number of nitrogens with one attached hydrogen (secondary N) is 1. The van der Waals surface area contributed by atoms with Gasteiger partial charge >= 0.3 is 0 Å². The summed E-state index contributed by atoms with van der Waals surface area (Å²) in [5.41, 5.74) is 2.58. The van der Waals surface area contributed by atoms with Crippen LogP contribution >= 0.6 is 0 Å². The van der Waals surface area contributed by atoms with Gasteiger partial charge in [-0.1, -0.05) is 6.07 Å². The highest BCUT2D eigenvalue weighted by atomic mass is 19.2. The zero-order valence-electron chi connectivity index (χ0n) is 10.2. The Morgan fingerprint density at radius 2 is 1.89 bits per heavy atom. The van der Waals surface area contributed by atoms with E-state index in [4.69, 9.17) is 0 Å². The van der Waals surface area contributed by atoms with Gasteiger partial charge in [-0.3, -0.25) is 4.98 Å². The number of rotatable bonds is 3. The molecule has 0 aliphatic rings. The summed E-state index contributed by atoms with van der Waals surface area (Å²) in [7, 11) is 0. The third kappa shape index (κ3) is 2.83. The van der Waals surface area contributed by atoms with Crippen molar-refractivity contribution in [1.29, 1.82) is 0 Å². The van der Waals surface area contributed by atoms with E-state index in [1.165, 1.54) is 6.07 Å². The summed E-state index contributed by atoms with van der Waals surface area (Å²) in [4.78, 5) is 4.07. The van der Waals surface area contributed by atoms with Crippen molar-refractivity contribution in [3.63, 3.8) is 0 Å². The first kappa shape index (κ1) is 12.5. The van der Waals surface area contributed by atoms with E-state index in [0.29, 0.717) is 5.56 Å². The number of aryl methyl sites for hydroxylation is 1. The van der Waals surface area contributed by atoms with Crippen LogP contribution in [0.25, 0.3) is 0 Å². The Balaban J connectivity index is 2.16. The van der Waals surface area contributed by atoms with Crippen LogP contribution in [0, 0.1) is 18.6 Å². The molecule has 0 saturated heterocycles. The maximum Gasteiger partial charge on any atom is 0.159 e. The molecule has 0 aliphatic carbocycles. The number of halogens is 2. The van der Waals surface area contributed by atoms with Crippen LogP contribution in [0.4, 0.5) is 14.5 Å². The van der Waals surface area contributed by atoms with Crippen LogP contribution in [0.1, 0.15) is 24.1 Å². The quantitative estimate of drug-likeness (QED) is 0.892. The number of aromatic nitrogens is 1. The molecule has 2 aromatic rings. The molecule has 1 N–H and O–H groups in total. The Bertz CT molecular complexity index is 555. The summed E-state index contributed by atoms with van der Waals surface area (Å²) >= 11 is 0. The molecule has 1 heterocycles. The van der Waals surface area contributed by atoms with Gasteiger partial charge in [0.1, 0.15) is 0 Å². The summed E-state index contributed by atoms with van der Waals surface area (Å²) in [6.45, 7) is 3.83. The van der Waals surface area contributed by atoms with Crippen molar-refractivity contribution < 1.29 is 8.78 Å². The first-order valence-corrected chi connectivity index (χ1v) is 5.69. The molecule has 1 unspecified atom stereocenters. The highest BCUT2D eigenvalue weighted by molar-refractivity contribution is 5.44. The lowest BCUT2D eigenvalue weighted by atomic mass is 10.1. The number of nitrogens with zero attached hydrogens (tertiary/aromatic N) is 1. The second-order valence-corrected chi connectivity index (χ2v) is 4.29. The van der Waals surface area contributed by atoms with Crippen LogP contribution < -0.4 is 5.32 Å². The molecule has 0 bridgehead atoms. The molecule has 0 amide bonds. The van der Waals surface area contributed by atoms with Crippen molar-refractivity contribution in [3.05, 3.63) is 59.4 Å². The number of hydrogen-bond acceptors (Lipinski definition) is 2. The van der Waals surface area contributed by atoms with E-state index in [1.54, 1.807) is 18.5 Å². The van der Waals surface area contributed by atoms with Gasteiger partial charge in [-0.05, 0) is 43.2 Å². The summed E-state index contributed by atoms with van der Waals surface area (Å²) < 4.78 is 26.0. The Labute approximate surface area is 105 Å². The summed E-state index contributed by atoms with van der Waals surface area (Å²) in [6, 6.07) is 5.74. The maximum absolute atomic E-state index is 13.1. The molecular formula is C14H14F2N2. The van der Waals surface area contributed by atoms with Gasteiger partial charge in [-0.2, -0.15) is 0 Å². The van der Waals surface area contributed by atoms with E-state index in [9.17, 15) is 8.78 Å². The Morgan fingerprint density at radius 3 is 2.56 bits per heavy atom. The Morgan fingerprint density at radius 1 is 1.11 bits per heavy atom. The van der Waals surface area contributed by atoms with Gasteiger partial charge in [0, 0.05) is 18.4 Å². The molecule has 4 heteroatoms. The average molecular weight is 248 g/mol. The summed E-state index contributed by atoms with van der Waals surface area (Å²) in [5, 5.41) is 3.19. The number of pyridine rings is 1. The van der Waals surface area contributed by atoms with Gasteiger partial charge in [0.25, 0.3) is 0 Å². The van der Waals surface area contributed by atoms with E-state index in [0.717, 1.165) is 17.3 Å². The van der Waals surface area contributed by atoms with Crippen molar-refractivity contribution >= 4 is 5.69 Å². The first-order chi connectivity index (χ1) is 8.56. The minimum atomic E-state index is -0.830. The minimum Gasteiger partial charge on any atom is -0.377 e. The molecule has 2 rings (SSSR count). The molecule has 94 valence electrons. The molecule has 1 aromatic heterocycles. The predicted octanol–water partition coefficient (Wildman–Crippen LogP) is 3.84. The largest absolute Gasteiger partial charge is 0.377 e. The van der Waals surface area contributed by atoms with Crippen LogP contribution in [0.3, 0.4) is 0 Å². The zero-order chi connectivity index (χ0) is 13.1. The SMILES string of the molecule is Cc1cncc(NC(C)c2ccc(F)c(F)c2)c1. The number of benzene rings is 1. The minimum absolute atomic E-state index is 0.122. The van der Waals surface area contributed by atoms with Crippen LogP contribution in [0.15, 0.2) is 36.7 Å². The standard InChI is InChI=1S/C14H14F2N2/c1-9-5-12(8-17-7-9)18-10(2)11-3-4-13(15)14(16)6-11/h3-8,10,18H,1-2H3. The van der Waals surface area contributed by atoms with Gasteiger partial charge in [0.2, 0.25) is 0 Å². The van der Waals surface area contributed by atoms with Gasteiger partial charge in [0.05, 0.1) is 5.69 Å². The molecule has 1 aromatic carbocycles. The fourth-order valence-electron chi connectivity index (χ4n) is 1.75. The molecule has 1 atom stereocenters.